The van der Waals surface area contributed by atoms with Crippen LogP contribution in [0.1, 0.15) is 49.8 Å². The van der Waals surface area contributed by atoms with E-state index in [4.69, 9.17) is 0 Å². The highest BCUT2D eigenvalue weighted by Crippen LogP contribution is 2.39. The van der Waals surface area contributed by atoms with Gasteiger partial charge >= 0.3 is 6.03 Å². The van der Waals surface area contributed by atoms with Gasteiger partial charge in [-0.1, -0.05) is 48.0 Å². The van der Waals surface area contributed by atoms with E-state index in [9.17, 15) is 18.8 Å². The predicted molar refractivity (Wildman–Crippen MR) is 147 cm³/mol. The maximum atomic E-state index is 14.5. The van der Waals surface area contributed by atoms with Crippen molar-refractivity contribution in [2.24, 2.45) is 0 Å². The zero-order valence-electron chi connectivity index (χ0n) is 22.0. The predicted octanol–water partition coefficient (Wildman–Crippen LogP) is 5.11. The van der Waals surface area contributed by atoms with Gasteiger partial charge < -0.3 is 20.9 Å². The molecule has 4 rings (SSSR count). The van der Waals surface area contributed by atoms with E-state index >= 15 is 0 Å². The maximum absolute atomic E-state index is 14.5. The number of anilines is 2. The molecule has 8 heteroatoms. The van der Waals surface area contributed by atoms with Gasteiger partial charge in [0.05, 0.1) is 0 Å². The highest BCUT2D eigenvalue weighted by atomic mass is 19.1. The summed E-state index contributed by atoms with van der Waals surface area (Å²) < 4.78 is 14.5. The molecule has 2 unspecified atom stereocenters. The molecule has 0 radical (unpaired) electrons. The van der Waals surface area contributed by atoms with Gasteiger partial charge in [-0.05, 0) is 75.6 Å². The SMILES string of the molecule is Cc1ccc(NC(=O)NC2CC(c3ccccc3)c3cc(F)ccc3N(CC(=O)NC(C)(C)C)C2=O)cc1. The number of aryl methyl sites for hydroxylation is 1. The molecule has 4 amide bonds. The number of carbonyl (C=O) groups excluding carboxylic acids is 3. The Bertz CT molecular complexity index is 1320. The first-order valence-corrected chi connectivity index (χ1v) is 12.6. The van der Waals surface area contributed by atoms with Crippen molar-refractivity contribution in [1.29, 1.82) is 0 Å². The first-order valence-electron chi connectivity index (χ1n) is 12.6. The van der Waals surface area contributed by atoms with Gasteiger partial charge in [-0.15, -0.1) is 0 Å². The molecular formula is C30H33FN4O3. The molecule has 0 bridgehead atoms. The molecule has 38 heavy (non-hydrogen) atoms. The monoisotopic (exact) mass is 516 g/mol. The Morgan fingerprint density at radius 2 is 1.68 bits per heavy atom. The summed E-state index contributed by atoms with van der Waals surface area (Å²) in [5, 5.41) is 8.45. The summed E-state index contributed by atoms with van der Waals surface area (Å²) >= 11 is 0. The van der Waals surface area contributed by atoms with Crippen LogP contribution in [0.5, 0.6) is 0 Å². The van der Waals surface area contributed by atoms with Gasteiger partial charge in [-0.25, -0.2) is 9.18 Å². The van der Waals surface area contributed by atoms with E-state index < -0.39 is 35.3 Å². The molecule has 2 atom stereocenters. The summed E-state index contributed by atoms with van der Waals surface area (Å²) in [6.45, 7) is 7.23. The van der Waals surface area contributed by atoms with E-state index in [-0.39, 0.29) is 18.9 Å². The molecule has 0 fully saturated rings. The average molecular weight is 517 g/mol. The van der Waals surface area contributed by atoms with Crippen molar-refractivity contribution in [2.45, 2.75) is 51.6 Å². The number of halogens is 1. The summed E-state index contributed by atoms with van der Waals surface area (Å²) in [4.78, 5) is 41.2. The second kappa shape index (κ2) is 11.0. The average Bonchev–Trinajstić information content (AvgIpc) is 2.95. The summed E-state index contributed by atoms with van der Waals surface area (Å²) in [5.74, 6) is -1.65. The standard InChI is InChI=1S/C30H33FN4O3/c1-19-10-13-22(14-11-19)32-29(38)33-25-17-23(20-8-6-5-7-9-20)24-16-21(31)12-15-26(24)35(28(25)37)18-27(36)34-30(2,3)4/h5-16,23,25H,17-18H2,1-4H3,(H,34,36)(H2,32,33,38). The van der Waals surface area contributed by atoms with Crippen molar-refractivity contribution in [3.05, 3.63) is 95.3 Å². The lowest BCUT2D eigenvalue weighted by molar-refractivity contribution is -0.125. The highest BCUT2D eigenvalue weighted by Gasteiger charge is 2.38. The fraction of sp³-hybridized carbons (Fsp3) is 0.300. The van der Waals surface area contributed by atoms with Gasteiger partial charge in [-0.3, -0.25) is 9.59 Å². The van der Waals surface area contributed by atoms with Crippen LogP contribution in [0.2, 0.25) is 0 Å². The van der Waals surface area contributed by atoms with E-state index in [0.29, 0.717) is 16.9 Å². The van der Waals surface area contributed by atoms with Crippen LogP contribution in [0.3, 0.4) is 0 Å². The molecule has 0 aromatic heterocycles. The van der Waals surface area contributed by atoms with Crippen molar-refractivity contribution in [1.82, 2.24) is 10.6 Å². The third-order valence-corrected chi connectivity index (χ3v) is 6.32. The zero-order valence-corrected chi connectivity index (χ0v) is 22.0. The van der Waals surface area contributed by atoms with Crippen molar-refractivity contribution in [2.75, 3.05) is 16.8 Å². The molecule has 7 nitrogen and oxygen atoms in total. The summed E-state index contributed by atoms with van der Waals surface area (Å²) in [7, 11) is 0. The number of rotatable bonds is 5. The van der Waals surface area contributed by atoms with E-state index in [0.717, 1.165) is 11.1 Å². The van der Waals surface area contributed by atoms with Crippen LogP contribution in [0.25, 0.3) is 0 Å². The fourth-order valence-electron chi connectivity index (χ4n) is 4.67. The molecule has 0 spiro atoms. The van der Waals surface area contributed by atoms with Crippen molar-refractivity contribution < 1.29 is 18.8 Å². The number of benzene rings is 3. The smallest absolute Gasteiger partial charge is 0.319 e. The van der Waals surface area contributed by atoms with Gasteiger partial charge in [0.2, 0.25) is 11.8 Å². The Balaban J connectivity index is 1.71. The number of carbonyl (C=O) groups is 3. The second-order valence-electron chi connectivity index (χ2n) is 10.6. The van der Waals surface area contributed by atoms with Crippen molar-refractivity contribution in [3.63, 3.8) is 0 Å². The summed E-state index contributed by atoms with van der Waals surface area (Å²) in [6.07, 6.45) is 0.192. The molecule has 0 saturated carbocycles. The molecule has 1 heterocycles. The van der Waals surface area contributed by atoms with Crippen LogP contribution < -0.4 is 20.9 Å². The molecule has 3 aromatic carbocycles. The fourth-order valence-corrected chi connectivity index (χ4v) is 4.67. The number of hydrogen-bond acceptors (Lipinski definition) is 3. The van der Waals surface area contributed by atoms with E-state index in [1.165, 1.54) is 23.1 Å². The summed E-state index contributed by atoms with van der Waals surface area (Å²) in [5.41, 5.74) is 3.03. The Morgan fingerprint density at radius 3 is 2.34 bits per heavy atom. The number of nitrogens with zero attached hydrogens (tertiary/aromatic N) is 1. The van der Waals surface area contributed by atoms with Crippen LogP contribution in [-0.4, -0.2) is 36.0 Å². The van der Waals surface area contributed by atoms with Crippen LogP contribution in [0.15, 0.2) is 72.8 Å². The minimum Gasteiger partial charge on any atom is -0.350 e. The van der Waals surface area contributed by atoms with Gasteiger partial charge in [0.1, 0.15) is 18.4 Å². The van der Waals surface area contributed by atoms with Crippen molar-refractivity contribution >= 4 is 29.2 Å². The third-order valence-electron chi connectivity index (χ3n) is 6.32. The lowest BCUT2D eigenvalue weighted by atomic mass is 9.86. The quantitative estimate of drug-likeness (QED) is 0.440. The molecule has 1 aliphatic heterocycles. The molecule has 3 N–H and O–H groups in total. The lowest BCUT2D eigenvalue weighted by Gasteiger charge is -2.28. The summed E-state index contributed by atoms with van der Waals surface area (Å²) in [6, 6.07) is 19.5. The van der Waals surface area contributed by atoms with E-state index in [1.54, 1.807) is 12.1 Å². The number of nitrogens with one attached hydrogen (secondary N) is 3. The first kappa shape index (κ1) is 26.9. The van der Waals surface area contributed by atoms with E-state index in [2.05, 4.69) is 16.0 Å². The largest absolute Gasteiger partial charge is 0.350 e. The zero-order chi connectivity index (χ0) is 27.4. The second-order valence-corrected chi connectivity index (χ2v) is 10.6. The molecule has 3 aromatic rings. The molecular weight excluding hydrogens is 483 g/mol. The van der Waals surface area contributed by atoms with Gasteiger partial charge in [0, 0.05) is 22.8 Å². The number of urea groups is 1. The molecule has 1 aliphatic rings. The van der Waals surface area contributed by atoms with Crippen molar-refractivity contribution in [3.8, 4) is 0 Å². The molecule has 0 aliphatic carbocycles. The van der Waals surface area contributed by atoms with Gasteiger partial charge in [-0.2, -0.15) is 0 Å². The molecule has 198 valence electrons. The van der Waals surface area contributed by atoms with Crippen LogP contribution in [0, 0.1) is 12.7 Å². The number of amides is 4. The maximum Gasteiger partial charge on any atom is 0.319 e. The van der Waals surface area contributed by atoms with Gasteiger partial charge in [0.15, 0.2) is 0 Å². The Labute approximate surface area is 222 Å². The Hall–Kier alpha value is -4.20. The van der Waals surface area contributed by atoms with Gasteiger partial charge in [0.25, 0.3) is 0 Å². The number of hydrogen-bond donors (Lipinski definition) is 3. The van der Waals surface area contributed by atoms with Crippen LogP contribution in [0.4, 0.5) is 20.6 Å². The lowest BCUT2D eigenvalue weighted by Crippen LogP contribution is -2.53. The topological polar surface area (TPSA) is 90.5 Å². The first-order chi connectivity index (χ1) is 18.0. The minimum atomic E-state index is -0.969. The Kier molecular flexibility index (Phi) is 7.80. The van der Waals surface area contributed by atoms with E-state index in [1.807, 2.05) is 70.2 Å². The normalized spacial score (nSPS) is 17.3. The van der Waals surface area contributed by atoms with Crippen LogP contribution in [-0.2, 0) is 9.59 Å². The Morgan fingerprint density at radius 1 is 1.00 bits per heavy atom. The highest BCUT2D eigenvalue weighted by molar-refractivity contribution is 6.05. The number of fused-ring (bicyclic) bond motifs is 1. The van der Waals surface area contributed by atoms with Crippen LogP contribution >= 0.6 is 0 Å². The minimum absolute atomic E-state index is 0.192. The molecule has 0 saturated heterocycles. The third kappa shape index (κ3) is 6.56.